The Bertz CT molecular complexity index is 861. The van der Waals surface area contributed by atoms with Crippen molar-refractivity contribution in [1.29, 1.82) is 0 Å². The molecule has 0 unspecified atom stereocenters. The highest BCUT2D eigenvalue weighted by Gasteiger charge is 2.30. The fourth-order valence-electron chi connectivity index (χ4n) is 3.57. The molecular formula is C22H25N3O4. The van der Waals surface area contributed by atoms with Gasteiger partial charge in [-0.2, -0.15) is 0 Å². The van der Waals surface area contributed by atoms with Crippen LogP contribution >= 0.6 is 0 Å². The van der Waals surface area contributed by atoms with E-state index in [1.54, 1.807) is 36.7 Å². The van der Waals surface area contributed by atoms with Crippen molar-refractivity contribution in [3.05, 3.63) is 59.9 Å². The molecule has 0 atom stereocenters. The number of hydrogen-bond donors (Lipinski definition) is 2. The third kappa shape index (κ3) is 5.40. The number of rotatable bonds is 6. The summed E-state index contributed by atoms with van der Waals surface area (Å²) in [6.45, 7) is 0.478. The maximum Gasteiger partial charge on any atom is 0.339 e. The number of pyridine rings is 1. The smallest absolute Gasteiger partial charge is 0.339 e. The van der Waals surface area contributed by atoms with Gasteiger partial charge in [-0.25, -0.2) is 4.79 Å². The van der Waals surface area contributed by atoms with Crippen LogP contribution in [0.2, 0.25) is 0 Å². The standard InChI is InChI=1S/C22H25N3O4/c1-29-22(28)18-4-2-3-5-19(18)25-21(27)17-8-6-16(7-9-17)20(26)24-14-15-10-12-23-13-11-15/h2-5,10-13,16-17H,6-9,14H2,1H3,(H,24,26)(H,25,27). The number of hydrogen-bond acceptors (Lipinski definition) is 5. The lowest BCUT2D eigenvalue weighted by atomic mass is 9.81. The van der Waals surface area contributed by atoms with Crippen LogP contribution in [0.3, 0.4) is 0 Å². The van der Waals surface area contributed by atoms with Crippen LogP contribution in [-0.2, 0) is 20.9 Å². The van der Waals surface area contributed by atoms with Gasteiger partial charge < -0.3 is 15.4 Å². The number of para-hydroxylation sites is 1. The van der Waals surface area contributed by atoms with Crippen molar-refractivity contribution in [2.45, 2.75) is 32.2 Å². The minimum absolute atomic E-state index is 0.0247. The Labute approximate surface area is 169 Å². The van der Waals surface area contributed by atoms with Crippen molar-refractivity contribution in [3.8, 4) is 0 Å². The van der Waals surface area contributed by atoms with Crippen LogP contribution in [0.5, 0.6) is 0 Å². The minimum atomic E-state index is -0.490. The Morgan fingerprint density at radius 2 is 1.59 bits per heavy atom. The average Bonchev–Trinajstić information content (AvgIpc) is 2.78. The molecule has 0 bridgehead atoms. The van der Waals surface area contributed by atoms with E-state index in [2.05, 4.69) is 15.6 Å². The van der Waals surface area contributed by atoms with Gasteiger partial charge in [-0.15, -0.1) is 0 Å². The molecule has 1 aliphatic carbocycles. The third-order valence-corrected chi connectivity index (χ3v) is 5.28. The monoisotopic (exact) mass is 395 g/mol. The number of nitrogens with one attached hydrogen (secondary N) is 2. The van der Waals surface area contributed by atoms with E-state index in [0.717, 1.165) is 5.56 Å². The van der Waals surface area contributed by atoms with Gasteiger partial charge in [0.2, 0.25) is 11.8 Å². The summed E-state index contributed by atoms with van der Waals surface area (Å²) in [5, 5.41) is 5.80. The molecule has 3 rings (SSSR count). The van der Waals surface area contributed by atoms with Gasteiger partial charge in [-0.05, 0) is 55.5 Å². The van der Waals surface area contributed by atoms with E-state index in [4.69, 9.17) is 4.74 Å². The lowest BCUT2D eigenvalue weighted by Crippen LogP contribution is -2.35. The van der Waals surface area contributed by atoms with Crippen LogP contribution in [0, 0.1) is 11.8 Å². The van der Waals surface area contributed by atoms with Gasteiger partial charge in [-0.1, -0.05) is 12.1 Å². The first kappa shape index (κ1) is 20.5. The second kappa shape index (κ2) is 9.82. The van der Waals surface area contributed by atoms with E-state index in [-0.39, 0.29) is 23.7 Å². The van der Waals surface area contributed by atoms with Crippen molar-refractivity contribution in [3.63, 3.8) is 0 Å². The van der Waals surface area contributed by atoms with E-state index in [9.17, 15) is 14.4 Å². The molecule has 0 saturated heterocycles. The van der Waals surface area contributed by atoms with E-state index >= 15 is 0 Å². The van der Waals surface area contributed by atoms with E-state index in [1.807, 2.05) is 12.1 Å². The van der Waals surface area contributed by atoms with Gasteiger partial charge in [0.25, 0.3) is 0 Å². The highest BCUT2D eigenvalue weighted by molar-refractivity contribution is 6.01. The fourth-order valence-corrected chi connectivity index (χ4v) is 3.57. The Balaban J connectivity index is 1.50. The zero-order chi connectivity index (χ0) is 20.6. The molecular weight excluding hydrogens is 370 g/mol. The first-order valence-electron chi connectivity index (χ1n) is 9.73. The Morgan fingerprint density at radius 1 is 0.966 bits per heavy atom. The van der Waals surface area contributed by atoms with Crippen LogP contribution in [0.25, 0.3) is 0 Å². The summed E-state index contributed by atoms with van der Waals surface area (Å²) >= 11 is 0. The molecule has 1 aromatic heterocycles. The molecule has 7 heteroatoms. The topological polar surface area (TPSA) is 97.4 Å². The SMILES string of the molecule is COC(=O)c1ccccc1NC(=O)C1CCC(C(=O)NCc2ccncc2)CC1. The molecule has 2 amide bonds. The maximum atomic E-state index is 12.6. The van der Waals surface area contributed by atoms with Crippen LogP contribution in [0.15, 0.2) is 48.8 Å². The molecule has 2 aromatic rings. The van der Waals surface area contributed by atoms with Crippen molar-refractivity contribution in [2.24, 2.45) is 11.8 Å². The molecule has 0 radical (unpaired) electrons. The molecule has 29 heavy (non-hydrogen) atoms. The number of nitrogens with zero attached hydrogens (tertiary/aromatic N) is 1. The minimum Gasteiger partial charge on any atom is -0.465 e. The number of esters is 1. The number of anilines is 1. The van der Waals surface area contributed by atoms with Gasteiger partial charge >= 0.3 is 5.97 Å². The highest BCUT2D eigenvalue weighted by atomic mass is 16.5. The lowest BCUT2D eigenvalue weighted by molar-refractivity contribution is -0.128. The molecule has 152 valence electrons. The molecule has 0 spiro atoms. The number of benzene rings is 1. The Hall–Kier alpha value is -3.22. The predicted molar refractivity (Wildman–Crippen MR) is 108 cm³/mol. The fraction of sp³-hybridized carbons (Fsp3) is 0.364. The van der Waals surface area contributed by atoms with Gasteiger partial charge in [0.05, 0.1) is 18.4 Å². The molecule has 1 aromatic carbocycles. The third-order valence-electron chi connectivity index (χ3n) is 5.28. The number of carbonyl (C=O) groups excluding carboxylic acids is 3. The summed E-state index contributed by atoms with van der Waals surface area (Å²) in [7, 11) is 1.31. The molecule has 7 nitrogen and oxygen atoms in total. The second-order valence-corrected chi connectivity index (χ2v) is 7.15. The Morgan fingerprint density at radius 3 is 2.24 bits per heavy atom. The van der Waals surface area contributed by atoms with E-state index < -0.39 is 5.97 Å². The number of ether oxygens (including phenoxy) is 1. The number of carbonyl (C=O) groups is 3. The zero-order valence-electron chi connectivity index (χ0n) is 16.4. The van der Waals surface area contributed by atoms with Gasteiger partial charge in [0.15, 0.2) is 0 Å². The average molecular weight is 395 g/mol. The van der Waals surface area contributed by atoms with Crippen molar-refractivity contribution >= 4 is 23.5 Å². The van der Waals surface area contributed by atoms with E-state index in [0.29, 0.717) is 43.5 Å². The molecule has 2 N–H and O–H groups in total. The van der Waals surface area contributed by atoms with Crippen LogP contribution in [-0.4, -0.2) is 29.9 Å². The molecule has 1 heterocycles. The largest absolute Gasteiger partial charge is 0.465 e. The van der Waals surface area contributed by atoms with Crippen LogP contribution in [0.1, 0.15) is 41.6 Å². The molecule has 0 aliphatic heterocycles. The van der Waals surface area contributed by atoms with Crippen LogP contribution < -0.4 is 10.6 Å². The summed E-state index contributed by atoms with van der Waals surface area (Å²) in [5.74, 6) is -0.850. The van der Waals surface area contributed by atoms with Crippen molar-refractivity contribution in [2.75, 3.05) is 12.4 Å². The molecule has 1 aliphatic rings. The normalized spacial score (nSPS) is 18.5. The molecule has 1 fully saturated rings. The number of methoxy groups -OCH3 is 1. The van der Waals surface area contributed by atoms with Gasteiger partial charge in [0.1, 0.15) is 0 Å². The quantitative estimate of drug-likeness (QED) is 0.733. The van der Waals surface area contributed by atoms with Crippen LogP contribution in [0.4, 0.5) is 5.69 Å². The number of aromatic nitrogens is 1. The maximum absolute atomic E-state index is 12.6. The lowest BCUT2D eigenvalue weighted by Gasteiger charge is -2.27. The molecule has 1 saturated carbocycles. The summed E-state index contributed by atoms with van der Waals surface area (Å²) in [6, 6.07) is 10.5. The zero-order valence-corrected chi connectivity index (χ0v) is 16.4. The van der Waals surface area contributed by atoms with E-state index in [1.165, 1.54) is 7.11 Å². The second-order valence-electron chi connectivity index (χ2n) is 7.15. The van der Waals surface area contributed by atoms with Gasteiger partial charge in [-0.3, -0.25) is 14.6 Å². The van der Waals surface area contributed by atoms with Gasteiger partial charge in [0, 0.05) is 30.8 Å². The number of amides is 2. The summed E-state index contributed by atoms with van der Waals surface area (Å²) in [5.41, 5.74) is 1.78. The van der Waals surface area contributed by atoms with Crippen molar-refractivity contribution in [1.82, 2.24) is 10.3 Å². The summed E-state index contributed by atoms with van der Waals surface area (Å²) < 4.78 is 4.76. The highest BCUT2D eigenvalue weighted by Crippen LogP contribution is 2.30. The first-order chi connectivity index (χ1) is 14.1. The predicted octanol–water partition coefficient (Wildman–Crippen LogP) is 2.93. The Kier molecular flexibility index (Phi) is 6.94. The first-order valence-corrected chi connectivity index (χ1v) is 9.73. The summed E-state index contributed by atoms with van der Waals surface area (Å²) in [4.78, 5) is 40.9. The van der Waals surface area contributed by atoms with Crippen molar-refractivity contribution < 1.29 is 19.1 Å². The summed E-state index contributed by atoms with van der Waals surface area (Å²) in [6.07, 6.45) is 6.00.